The molecular formula is C15H21N3O. The molecule has 0 unspecified atom stereocenters. The zero-order valence-corrected chi connectivity index (χ0v) is 11.8. The van der Waals surface area contributed by atoms with Crippen LogP contribution in [0.15, 0.2) is 24.3 Å². The summed E-state index contributed by atoms with van der Waals surface area (Å²) in [5.41, 5.74) is 8.92. The molecule has 0 spiro atoms. The highest BCUT2D eigenvalue weighted by Crippen LogP contribution is 2.30. The second-order valence-electron chi connectivity index (χ2n) is 4.64. The van der Waals surface area contributed by atoms with E-state index in [0.29, 0.717) is 11.6 Å². The maximum atomic E-state index is 6.09. The topological polar surface area (TPSA) is 53.1 Å². The maximum absolute atomic E-state index is 6.09. The summed E-state index contributed by atoms with van der Waals surface area (Å²) in [7, 11) is 1.85. The van der Waals surface area contributed by atoms with Gasteiger partial charge in [0, 0.05) is 7.05 Å². The van der Waals surface area contributed by atoms with E-state index in [2.05, 4.69) is 31.1 Å². The number of aryl methyl sites for hydroxylation is 3. The minimum atomic E-state index is 0.618. The molecule has 1 heterocycles. The van der Waals surface area contributed by atoms with Crippen molar-refractivity contribution in [2.24, 2.45) is 7.05 Å². The van der Waals surface area contributed by atoms with Gasteiger partial charge in [-0.25, -0.2) is 4.68 Å². The molecule has 0 saturated heterocycles. The second kappa shape index (κ2) is 5.78. The predicted molar refractivity (Wildman–Crippen MR) is 77.5 cm³/mol. The lowest BCUT2D eigenvalue weighted by Crippen LogP contribution is -1.97. The Hall–Kier alpha value is -1.97. The van der Waals surface area contributed by atoms with Gasteiger partial charge in [-0.1, -0.05) is 32.4 Å². The molecule has 4 heteroatoms. The number of anilines is 1. The van der Waals surface area contributed by atoms with E-state index in [0.717, 1.165) is 30.7 Å². The molecule has 0 aliphatic heterocycles. The lowest BCUT2D eigenvalue weighted by atomic mass is 10.2. The fourth-order valence-corrected chi connectivity index (χ4v) is 2.03. The highest BCUT2D eigenvalue weighted by molar-refractivity contribution is 5.54. The van der Waals surface area contributed by atoms with Gasteiger partial charge in [0.25, 0.3) is 0 Å². The van der Waals surface area contributed by atoms with E-state index >= 15 is 0 Å². The van der Waals surface area contributed by atoms with Crippen molar-refractivity contribution in [1.82, 2.24) is 9.78 Å². The Labute approximate surface area is 114 Å². The number of aromatic nitrogens is 2. The number of hydrogen-bond donors (Lipinski definition) is 1. The number of ether oxygens (including phenoxy) is 1. The quantitative estimate of drug-likeness (QED) is 0.896. The summed E-state index contributed by atoms with van der Waals surface area (Å²) in [5, 5.41) is 4.40. The third kappa shape index (κ3) is 2.89. The van der Waals surface area contributed by atoms with Crippen LogP contribution in [0.1, 0.15) is 31.5 Å². The van der Waals surface area contributed by atoms with Crippen LogP contribution in [0.2, 0.25) is 0 Å². The van der Waals surface area contributed by atoms with Crippen molar-refractivity contribution in [2.75, 3.05) is 5.73 Å². The predicted octanol–water partition coefficient (Wildman–Crippen LogP) is 3.31. The van der Waals surface area contributed by atoms with Crippen molar-refractivity contribution in [3.8, 4) is 11.6 Å². The number of benzene rings is 1. The zero-order chi connectivity index (χ0) is 13.8. The molecule has 1 aromatic heterocycles. The van der Waals surface area contributed by atoms with Gasteiger partial charge in [0.1, 0.15) is 11.4 Å². The van der Waals surface area contributed by atoms with Gasteiger partial charge in [0.05, 0.1) is 5.69 Å². The molecule has 2 aromatic rings. The monoisotopic (exact) mass is 259 g/mol. The molecule has 0 saturated carbocycles. The summed E-state index contributed by atoms with van der Waals surface area (Å²) in [6.45, 7) is 4.24. The van der Waals surface area contributed by atoms with E-state index in [9.17, 15) is 0 Å². The molecule has 0 amide bonds. The third-order valence-electron chi connectivity index (χ3n) is 3.14. The van der Waals surface area contributed by atoms with E-state index in [1.54, 1.807) is 4.68 Å². The molecule has 2 N–H and O–H groups in total. The molecule has 0 fully saturated rings. The first-order valence-electron chi connectivity index (χ1n) is 6.73. The standard InChI is InChI=1S/C15H21N3O/c1-4-6-13-14(16)15(18(3)17-13)19-12-9-7-11(5-2)8-10-12/h7-10H,4-6,16H2,1-3H3. The lowest BCUT2D eigenvalue weighted by Gasteiger charge is -2.07. The number of nitrogens with zero attached hydrogens (tertiary/aromatic N) is 2. The van der Waals surface area contributed by atoms with E-state index in [-0.39, 0.29) is 0 Å². The normalized spacial score (nSPS) is 10.7. The van der Waals surface area contributed by atoms with Crippen LogP contribution < -0.4 is 10.5 Å². The lowest BCUT2D eigenvalue weighted by molar-refractivity contribution is 0.432. The van der Waals surface area contributed by atoms with Crippen LogP contribution in [0.5, 0.6) is 11.6 Å². The van der Waals surface area contributed by atoms with E-state index < -0.39 is 0 Å². The smallest absolute Gasteiger partial charge is 0.241 e. The fraction of sp³-hybridized carbons (Fsp3) is 0.400. The first-order valence-corrected chi connectivity index (χ1v) is 6.73. The largest absolute Gasteiger partial charge is 0.437 e. The van der Waals surface area contributed by atoms with Crippen LogP contribution in [0.4, 0.5) is 5.69 Å². The Morgan fingerprint density at radius 2 is 1.89 bits per heavy atom. The average Bonchev–Trinajstić information content (AvgIpc) is 2.68. The highest BCUT2D eigenvalue weighted by atomic mass is 16.5. The Kier molecular flexibility index (Phi) is 4.10. The third-order valence-corrected chi connectivity index (χ3v) is 3.14. The molecule has 0 aliphatic carbocycles. The van der Waals surface area contributed by atoms with Crippen molar-refractivity contribution in [3.63, 3.8) is 0 Å². The molecule has 19 heavy (non-hydrogen) atoms. The van der Waals surface area contributed by atoms with E-state index in [1.165, 1.54) is 5.56 Å². The van der Waals surface area contributed by atoms with Crippen molar-refractivity contribution in [1.29, 1.82) is 0 Å². The van der Waals surface area contributed by atoms with Gasteiger partial charge in [-0.05, 0) is 30.5 Å². The molecule has 4 nitrogen and oxygen atoms in total. The van der Waals surface area contributed by atoms with Crippen LogP contribution in [-0.4, -0.2) is 9.78 Å². The summed E-state index contributed by atoms with van der Waals surface area (Å²) in [6, 6.07) is 8.05. The Morgan fingerprint density at radius 1 is 1.21 bits per heavy atom. The van der Waals surface area contributed by atoms with Gasteiger partial charge in [0.15, 0.2) is 0 Å². The first kappa shape index (κ1) is 13.5. The van der Waals surface area contributed by atoms with Crippen LogP contribution in [0.25, 0.3) is 0 Å². The number of rotatable bonds is 5. The first-order chi connectivity index (χ1) is 9.15. The minimum absolute atomic E-state index is 0.618. The van der Waals surface area contributed by atoms with Crippen LogP contribution in [-0.2, 0) is 19.9 Å². The summed E-state index contributed by atoms with van der Waals surface area (Å²) < 4.78 is 7.54. The fourth-order valence-electron chi connectivity index (χ4n) is 2.03. The van der Waals surface area contributed by atoms with Gasteiger partial charge in [-0.15, -0.1) is 0 Å². The molecular weight excluding hydrogens is 238 g/mol. The van der Waals surface area contributed by atoms with Crippen molar-refractivity contribution < 1.29 is 4.74 Å². The van der Waals surface area contributed by atoms with Crippen LogP contribution >= 0.6 is 0 Å². The minimum Gasteiger partial charge on any atom is -0.437 e. The molecule has 0 radical (unpaired) electrons. The summed E-state index contributed by atoms with van der Waals surface area (Å²) >= 11 is 0. The SMILES string of the molecule is CCCc1nn(C)c(Oc2ccc(CC)cc2)c1N. The molecule has 0 atom stereocenters. The van der Waals surface area contributed by atoms with Gasteiger partial charge >= 0.3 is 0 Å². The second-order valence-corrected chi connectivity index (χ2v) is 4.64. The Bertz CT molecular complexity index is 543. The van der Waals surface area contributed by atoms with E-state index in [1.807, 2.05) is 19.2 Å². The summed E-state index contributed by atoms with van der Waals surface area (Å²) in [4.78, 5) is 0. The molecule has 102 valence electrons. The molecule has 2 rings (SSSR count). The number of nitrogens with two attached hydrogens (primary N) is 1. The Morgan fingerprint density at radius 3 is 2.47 bits per heavy atom. The van der Waals surface area contributed by atoms with Gasteiger partial charge < -0.3 is 10.5 Å². The number of hydrogen-bond acceptors (Lipinski definition) is 3. The van der Waals surface area contributed by atoms with Gasteiger partial charge in [0.2, 0.25) is 5.88 Å². The molecule has 1 aromatic carbocycles. The average molecular weight is 259 g/mol. The summed E-state index contributed by atoms with van der Waals surface area (Å²) in [5.74, 6) is 1.41. The van der Waals surface area contributed by atoms with Crippen molar-refractivity contribution in [3.05, 3.63) is 35.5 Å². The van der Waals surface area contributed by atoms with Gasteiger partial charge in [-0.3, -0.25) is 0 Å². The highest BCUT2D eigenvalue weighted by Gasteiger charge is 2.14. The maximum Gasteiger partial charge on any atom is 0.241 e. The zero-order valence-electron chi connectivity index (χ0n) is 11.8. The van der Waals surface area contributed by atoms with E-state index in [4.69, 9.17) is 10.5 Å². The van der Waals surface area contributed by atoms with Gasteiger partial charge in [-0.2, -0.15) is 5.10 Å². The number of nitrogen functional groups attached to an aromatic ring is 1. The van der Waals surface area contributed by atoms with Crippen molar-refractivity contribution >= 4 is 5.69 Å². The Balaban J connectivity index is 2.22. The van der Waals surface area contributed by atoms with Crippen LogP contribution in [0, 0.1) is 0 Å². The summed E-state index contributed by atoms with van der Waals surface area (Å²) in [6.07, 6.45) is 2.92. The van der Waals surface area contributed by atoms with Crippen molar-refractivity contribution in [2.45, 2.75) is 33.1 Å². The molecule has 0 aliphatic rings. The molecule has 0 bridgehead atoms. The van der Waals surface area contributed by atoms with Crippen LogP contribution in [0.3, 0.4) is 0 Å².